The molecule has 2 bridgehead atoms. The number of carbonyl (C=O) groups is 1. The first-order chi connectivity index (χ1) is 7.27. The maximum absolute atomic E-state index is 12.2. The van der Waals surface area contributed by atoms with E-state index in [2.05, 4.69) is 0 Å². The Hall–Kier alpha value is -1.09. The van der Waals surface area contributed by atoms with Crippen molar-refractivity contribution in [1.82, 2.24) is 0 Å². The van der Waals surface area contributed by atoms with Crippen molar-refractivity contribution >= 4 is 5.78 Å². The number of furan rings is 1. The molecule has 0 radical (unpaired) electrons. The number of hydrogen-bond acceptors (Lipinski definition) is 3. The van der Waals surface area contributed by atoms with Gasteiger partial charge in [0.25, 0.3) is 0 Å². The quantitative estimate of drug-likeness (QED) is 0.749. The first kappa shape index (κ1) is 9.16. The van der Waals surface area contributed by atoms with E-state index in [1.807, 2.05) is 0 Å². The predicted octanol–water partition coefficient (Wildman–Crippen LogP) is 1.84. The smallest absolute Gasteiger partial charge is 0.170 e. The molecule has 1 aromatic rings. The van der Waals surface area contributed by atoms with Crippen LogP contribution in [0.2, 0.25) is 0 Å². The topological polar surface area (TPSA) is 56.2 Å². The van der Waals surface area contributed by atoms with Gasteiger partial charge in [0.1, 0.15) is 6.26 Å². The van der Waals surface area contributed by atoms with E-state index in [1.165, 1.54) is 19.1 Å². The second kappa shape index (κ2) is 3.20. The van der Waals surface area contributed by atoms with Crippen molar-refractivity contribution in [3.63, 3.8) is 0 Å². The Morgan fingerprint density at radius 2 is 2.20 bits per heavy atom. The maximum Gasteiger partial charge on any atom is 0.170 e. The van der Waals surface area contributed by atoms with E-state index in [0.717, 1.165) is 6.42 Å². The Morgan fingerprint density at radius 1 is 1.40 bits per heavy atom. The van der Waals surface area contributed by atoms with Gasteiger partial charge >= 0.3 is 0 Å². The molecule has 2 saturated carbocycles. The number of Topliss-reactive ketones (excluding diaryl/α,β-unsaturated/α-hetero) is 1. The van der Waals surface area contributed by atoms with Gasteiger partial charge in [0.05, 0.1) is 11.8 Å². The third kappa shape index (κ3) is 1.26. The molecule has 1 aromatic heterocycles. The third-order valence-electron chi connectivity index (χ3n) is 4.09. The Morgan fingerprint density at radius 3 is 2.80 bits per heavy atom. The summed E-state index contributed by atoms with van der Waals surface area (Å²) < 4.78 is 4.95. The summed E-state index contributed by atoms with van der Waals surface area (Å²) in [4.78, 5) is 12.2. The average molecular weight is 205 g/mol. The predicted molar refractivity (Wildman–Crippen MR) is 55.3 cm³/mol. The van der Waals surface area contributed by atoms with Crippen LogP contribution >= 0.6 is 0 Å². The molecule has 3 rings (SSSR count). The van der Waals surface area contributed by atoms with Gasteiger partial charge in [0.15, 0.2) is 5.78 Å². The van der Waals surface area contributed by atoms with Crippen molar-refractivity contribution in [2.75, 3.05) is 0 Å². The summed E-state index contributed by atoms with van der Waals surface area (Å²) in [5.74, 6) is 1.33. The third-order valence-corrected chi connectivity index (χ3v) is 4.09. The summed E-state index contributed by atoms with van der Waals surface area (Å²) in [7, 11) is 0. The molecule has 3 nitrogen and oxygen atoms in total. The second-order valence-corrected chi connectivity index (χ2v) is 4.81. The van der Waals surface area contributed by atoms with E-state index in [0.29, 0.717) is 17.4 Å². The molecule has 15 heavy (non-hydrogen) atoms. The molecule has 3 heteroatoms. The minimum absolute atomic E-state index is 0.0429. The number of rotatable bonds is 2. The van der Waals surface area contributed by atoms with Crippen LogP contribution in [0.5, 0.6) is 0 Å². The fourth-order valence-corrected chi connectivity index (χ4v) is 3.32. The molecule has 4 unspecified atom stereocenters. The van der Waals surface area contributed by atoms with Crippen LogP contribution in [0, 0.1) is 17.8 Å². The van der Waals surface area contributed by atoms with Gasteiger partial charge in [-0.05, 0) is 37.2 Å². The van der Waals surface area contributed by atoms with Gasteiger partial charge in [-0.15, -0.1) is 0 Å². The van der Waals surface area contributed by atoms with E-state index < -0.39 is 0 Å². The lowest BCUT2D eigenvalue weighted by Gasteiger charge is -2.26. The molecule has 0 aromatic carbocycles. The maximum atomic E-state index is 12.2. The van der Waals surface area contributed by atoms with E-state index in [4.69, 9.17) is 10.2 Å². The molecule has 0 aliphatic heterocycles. The van der Waals surface area contributed by atoms with Gasteiger partial charge < -0.3 is 10.2 Å². The lowest BCUT2D eigenvalue weighted by atomic mass is 9.80. The number of carbonyl (C=O) groups excluding carboxylic acids is 1. The summed E-state index contributed by atoms with van der Waals surface area (Å²) in [6.45, 7) is 0. The highest BCUT2D eigenvalue weighted by Crippen LogP contribution is 2.48. The van der Waals surface area contributed by atoms with E-state index in [1.54, 1.807) is 12.3 Å². The Kier molecular flexibility index (Phi) is 1.96. The monoisotopic (exact) mass is 205 g/mol. The first-order valence-corrected chi connectivity index (χ1v) is 5.59. The largest absolute Gasteiger partial charge is 0.472 e. The second-order valence-electron chi connectivity index (χ2n) is 4.81. The van der Waals surface area contributed by atoms with Crippen LogP contribution in [0.4, 0.5) is 0 Å². The van der Waals surface area contributed by atoms with Crippen LogP contribution in [0.3, 0.4) is 0 Å². The lowest BCUT2D eigenvalue weighted by molar-refractivity contribution is 0.0855. The van der Waals surface area contributed by atoms with Gasteiger partial charge in [-0.25, -0.2) is 0 Å². The molecule has 2 N–H and O–H groups in total. The van der Waals surface area contributed by atoms with Crippen LogP contribution in [0.15, 0.2) is 23.0 Å². The Bertz CT molecular complexity index is 369. The highest BCUT2D eigenvalue weighted by Gasteiger charge is 2.49. The van der Waals surface area contributed by atoms with Gasteiger partial charge in [0, 0.05) is 12.0 Å². The van der Waals surface area contributed by atoms with Crippen molar-refractivity contribution in [3.8, 4) is 0 Å². The molecule has 4 atom stereocenters. The summed E-state index contributed by atoms with van der Waals surface area (Å²) in [6, 6.07) is 1.81. The minimum Gasteiger partial charge on any atom is -0.472 e. The highest BCUT2D eigenvalue weighted by atomic mass is 16.3. The normalized spacial score (nSPS) is 38.5. The van der Waals surface area contributed by atoms with Crippen molar-refractivity contribution in [3.05, 3.63) is 24.2 Å². The summed E-state index contributed by atoms with van der Waals surface area (Å²) in [5.41, 5.74) is 6.80. The summed E-state index contributed by atoms with van der Waals surface area (Å²) in [6.07, 6.45) is 6.61. The fraction of sp³-hybridized carbons (Fsp3) is 0.583. The first-order valence-electron chi connectivity index (χ1n) is 5.59. The van der Waals surface area contributed by atoms with Crippen molar-refractivity contribution in [2.24, 2.45) is 23.5 Å². The average Bonchev–Trinajstić information content (AvgIpc) is 2.93. The fourth-order valence-electron chi connectivity index (χ4n) is 3.32. The number of ketones is 1. The van der Waals surface area contributed by atoms with Gasteiger partial charge in [-0.3, -0.25) is 4.79 Å². The minimum atomic E-state index is 0.0429. The molecular formula is C12H15NO2. The number of hydrogen-bond donors (Lipinski definition) is 1. The number of fused-ring (bicyclic) bond motifs is 2. The zero-order chi connectivity index (χ0) is 10.4. The molecule has 1 heterocycles. The van der Waals surface area contributed by atoms with E-state index in [-0.39, 0.29) is 17.7 Å². The number of nitrogens with two attached hydrogens (primary N) is 1. The van der Waals surface area contributed by atoms with Crippen LogP contribution < -0.4 is 5.73 Å². The van der Waals surface area contributed by atoms with E-state index in [9.17, 15) is 4.79 Å². The molecular weight excluding hydrogens is 190 g/mol. The van der Waals surface area contributed by atoms with Crippen molar-refractivity contribution < 1.29 is 9.21 Å². The van der Waals surface area contributed by atoms with Crippen molar-refractivity contribution in [1.29, 1.82) is 0 Å². The SMILES string of the molecule is NC1C2CCC(C2)C1C(=O)c1ccoc1. The van der Waals surface area contributed by atoms with Crippen LogP contribution in [-0.2, 0) is 0 Å². The Labute approximate surface area is 88.6 Å². The standard InChI is InChI=1S/C12H15NO2/c13-11-8-2-1-7(5-8)10(11)12(14)9-3-4-15-6-9/h3-4,6-8,10-11H,1-2,5,13H2. The molecule has 2 fully saturated rings. The summed E-state index contributed by atoms with van der Waals surface area (Å²) in [5, 5.41) is 0. The highest BCUT2D eigenvalue weighted by molar-refractivity contribution is 5.98. The van der Waals surface area contributed by atoms with Gasteiger partial charge in [0.2, 0.25) is 0 Å². The van der Waals surface area contributed by atoms with E-state index >= 15 is 0 Å². The van der Waals surface area contributed by atoms with Gasteiger partial charge in [-0.1, -0.05) is 0 Å². The molecule has 0 spiro atoms. The Balaban J connectivity index is 1.86. The van der Waals surface area contributed by atoms with Gasteiger partial charge in [-0.2, -0.15) is 0 Å². The molecule has 0 saturated heterocycles. The van der Waals surface area contributed by atoms with Crippen LogP contribution in [0.1, 0.15) is 29.6 Å². The molecule has 0 amide bonds. The van der Waals surface area contributed by atoms with Crippen LogP contribution in [-0.4, -0.2) is 11.8 Å². The molecule has 80 valence electrons. The molecule has 2 aliphatic rings. The zero-order valence-corrected chi connectivity index (χ0v) is 8.56. The van der Waals surface area contributed by atoms with Crippen LogP contribution in [0.25, 0.3) is 0 Å². The lowest BCUT2D eigenvalue weighted by Crippen LogP contribution is -2.40. The molecule has 2 aliphatic carbocycles. The zero-order valence-electron chi connectivity index (χ0n) is 8.56. The summed E-state index contributed by atoms with van der Waals surface area (Å²) >= 11 is 0. The van der Waals surface area contributed by atoms with Crippen molar-refractivity contribution in [2.45, 2.75) is 25.3 Å².